The zero-order valence-corrected chi connectivity index (χ0v) is 32.9. The molecule has 0 aliphatic heterocycles. The first-order chi connectivity index (χ1) is 28.4. The van der Waals surface area contributed by atoms with E-state index in [1.165, 1.54) is 127 Å². The second-order valence-electron chi connectivity index (χ2n) is 16.8. The third-order valence-electron chi connectivity index (χ3n) is 13.5. The molecule has 10 aromatic rings. The van der Waals surface area contributed by atoms with Crippen LogP contribution in [0.1, 0.15) is 30.5 Å². The average Bonchev–Trinajstić information content (AvgIpc) is 3.72. The van der Waals surface area contributed by atoms with Crippen LogP contribution in [0.2, 0.25) is 0 Å². The summed E-state index contributed by atoms with van der Waals surface area (Å²) in [5, 5.41) is 7.95. The molecular formula is C58H40. The summed E-state index contributed by atoms with van der Waals surface area (Å²) in [6, 6.07) is 70.5. The first-order valence-corrected chi connectivity index (χ1v) is 20.5. The number of rotatable bonds is 4. The standard InChI is InChI=1S/C58H40/c1-35-42-11-4-8-15-49(42)56(50-16-9-5-12-43(35)50)39-25-21-37(22-26-39)41-28-30-48-47-29-27-40(33-54(47)58(2,3)55(48)34-41)36-19-23-38(24-20-36)44-31-32-53-46-14-7-6-13-45(46)52-18-10-17-51(44)57(52)53/h4-34H,1-3H3. The van der Waals surface area contributed by atoms with E-state index in [4.69, 9.17) is 0 Å². The lowest BCUT2D eigenvalue weighted by atomic mass is 9.80. The van der Waals surface area contributed by atoms with Crippen LogP contribution in [0.25, 0.3) is 110 Å². The van der Waals surface area contributed by atoms with Gasteiger partial charge in [0, 0.05) is 5.41 Å². The molecule has 0 saturated heterocycles. The van der Waals surface area contributed by atoms with Crippen molar-refractivity contribution in [3.05, 3.63) is 205 Å². The molecule has 10 aromatic carbocycles. The Morgan fingerprint density at radius 2 is 0.690 bits per heavy atom. The minimum Gasteiger partial charge on any atom is -0.0616 e. The molecule has 0 fully saturated rings. The molecule has 2 aliphatic rings. The summed E-state index contributed by atoms with van der Waals surface area (Å²) in [5.74, 6) is 0. The van der Waals surface area contributed by atoms with Crippen molar-refractivity contribution in [3.8, 4) is 77.9 Å². The van der Waals surface area contributed by atoms with Crippen molar-refractivity contribution in [2.45, 2.75) is 26.2 Å². The van der Waals surface area contributed by atoms with Crippen LogP contribution in [0, 0.1) is 6.92 Å². The lowest BCUT2D eigenvalue weighted by molar-refractivity contribution is 0.661. The maximum atomic E-state index is 2.44. The fraction of sp³-hybridized carbons (Fsp3) is 0.0690. The Morgan fingerprint density at radius 3 is 1.26 bits per heavy atom. The lowest BCUT2D eigenvalue weighted by Gasteiger charge is -2.23. The molecule has 0 aromatic heterocycles. The monoisotopic (exact) mass is 736 g/mol. The molecule has 0 spiro atoms. The zero-order valence-electron chi connectivity index (χ0n) is 32.9. The van der Waals surface area contributed by atoms with Crippen molar-refractivity contribution in [1.82, 2.24) is 0 Å². The van der Waals surface area contributed by atoms with E-state index in [0.717, 1.165) is 0 Å². The molecule has 0 N–H and O–H groups in total. The minimum atomic E-state index is -0.126. The van der Waals surface area contributed by atoms with Crippen molar-refractivity contribution >= 4 is 32.3 Å². The summed E-state index contributed by atoms with van der Waals surface area (Å²) in [5.41, 5.74) is 22.1. The number of benzene rings is 10. The van der Waals surface area contributed by atoms with Gasteiger partial charge in [-0.3, -0.25) is 0 Å². The summed E-state index contributed by atoms with van der Waals surface area (Å²) in [7, 11) is 0. The Kier molecular flexibility index (Phi) is 7.00. The van der Waals surface area contributed by atoms with E-state index in [1.807, 2.05) is 0 Å². The number of aryl methyl sites for hydroxylation is 1. The van der Waals surface area contributed by atoms with Crippen molar-refractivity contribution in [2.75, 3.05) is 0 Å². The van der Waals surface area contributed by atoms with Gasteiger partial charge >= 0.3 is 0 Å². The highest BCUT2D eigenvalue weighted by atomic mass is 14.4. The summed E-state index contributed by atoms with van der Waals surface area (Å²) < 4.78 is 0. The van der Waals surface area contributed by atoms with E-state index in [0.29, 0.717) is 0 Å². The van der Waals surface area contributed by atoms with Gasteiger partial charge in [-0.1, -0.05) is 190 Å². The highest BCUT2D eigenvalue weighted by Crippen LogP contribution is 2.52. The third kappa shape index (κ3) is 4.69. The van der Waals surface area contributed by atoms with E-state index in [9.17, 15) is 0 Å². The van der Waals surface area contributed by atoms with Gasteiger partial charge < -0.3 is 0 Å². The first-order valence-electron chi connectivity index (χ1n) is 20.5. The van der Waals surface area contributed by atoms with Crippen molar-refractivity contribution in [3.63, 3.8) is 0 Å². The van der Waals surface area contributed by atoms with E-state index in [2.05, 4.69) is 209 Å². The van der Waals surface area contributed by atoms with Gasteiger partial charge in [0.15, 0.2) is 0 Å². The van der Waals surface area contributed by atoms with Gasteiger partial charge in [0.25, 0.3) is 0 Å². The van der Waals surface area contributed by atoms with E-state index in [1.54, 1.807) is 0 Å². The molecule has 0 radical (unpaired) electrons. The largest absolute Gasteiger partial charge is 0.0616 e. The van der Waals surface area contributed by atoms with Gasteiger partial charge in [-0.05, 0) is 146 Å². The third-order valence-corrected chi connectivity index (χ3v) is 13.5. The second-order valence-corrected chi connectivity index (χ2v) is 16.8. The Morgan fingerprint density at radius 1 is 0.293 bits per heavy atom. The molecule has 0 atom stereocenters. The highest BCUT2D eigenvalue weighted by Gasteiger charge is 2.36. The smallest absolute Gasteiger partial charge is 0.0159 e. The lowest BCUT2D eigenvalue weighted by Crippen LogP contribution is -2.15. The van der Waals surface area contributed by atoms with Crippen LogP contribution in [0.5, 0.6) is 0 Å². The van der Waals surface area contributed by atoms with Crippen LogP contribution in [0.3, 0.4) is 0 Å². The van der Waals surface area contributed by atoms with Crippen molar-refractivity contribution in [1.29, 1.82) is 0 Å². The Bertz CT molecular complexity index is 3250. The van der Waals surface area contributed by atoms with Crippen molar-refractivity contribution < 1.29 is 0 Å². The molecule has 0 unspecified atom stereocenters. The maximum Gasteiger partial charge on any atom is 0.0159 e. The molecule has 0 heterocycles. The van der Waals surface area contributed by atoms with Crippen LogP contribution in [-0.2, 0) is 5.41 Å². The summed E-state index contributed by atoms with van der Waals surface area (Å²) in [6.07, 6.45) is 0. The normalized spacial score (nSPS) is 13.2. The Hall–Kier alpha value is -7.02. The highest BCUT2D eigenvalue weighted by molar-refractivity contribution is 6.19. The molecule has 272 valence electrons. The fourth-order valence-electron chi connectivity index (χ4n) is 10.5. The van der Waals surface area contributed by atoms with Gasteiger partial charge in [0.2, 0.25) is 0 Å². The van der Waals surface area contributed by atoms with Crippen LogP contribution < -0.4 is 0 Å². The van der Waals surface area contributed by atoms with Gasteiger partial charge in [0.1, 0.15) is 0 Å². The summed E-state index contributed by atoms with van der Waals surface area (Å²) in [4.78, 5) is 0. The molecule has 0 saturated carbocycles. The van der Waals surface area contributed by atoms with E-state index < -0.39 is 0 Å². The maximum absolute atomic E-state index is 2.44. The van der Waals surface area contributed by atoms with Crippen LogP contribution in [0.4, 0.5) is 0 Å². The number of hydrogen-bond acceptors (Lipinski definition) is 0. The molecule has 0 bridgehead atoms. The van der Waals surface area contributed by atoms with Crippen LogP contribution in [-0.4, -0.2) is 0 Å². The molecule has 0 amide bonds. The molecular weight excluding hydrogens is 697 g/mol. The molecule has 0 heteroatoms. The molecule has 0 nitrogen and oxygen atoms in total. The number of hydrogen-bond donors (Lipinski definition) is 0. The minimum absolute atomic E-state index is 0.126. The number of fused-ring (bicyclic) bond motifs is 8. The predicted molar refractivity (Wildman–Crippen MR) is 247 cm³/mol. The van der Waals surface area contributed by atoms with Gasteiger partial charge in [0.05, 0.1) is 0 Å². The van der Waals surface area contributed by atoms with Gasteiger partial charge in [-0.15, -0.1) is 0 Å². The van der Waals surface area contributed by atoms with Crippen LogP contribution in [0.15, 0.2) is 188 Å². The quantitative estimate of drug-likeness (QED) is 0.158. The fourth-order valence-corrected chi connectivity index (χ4v) is 10.5. The van der Waals surface area contributed by atoms with E-state index in [-0.39, 0.29) is 5.41 Å². The van der Waals surface area contributed by atoms with Crippen LogP contribution >= 0.6 is 0 Å². The summed E-state index contributed by atoms with van der Waals surface area (Å²) in [6.45, 7) is 7.02. The van der Waals surface area contributed by atoms with Gasteiger partial charge in [-0.25, -0.2) is 0 Å². The molecule has 58 heavy (non-hydrogen) atoms. The Balaban J connectivity index is 0.860. The van der Waals surface area contributed by atoms with Crippen molar-refractivity contribution in [2.24, 2.45) is 0 Å². The molecule has 12 rings (SSSR count). The first kappa shape index (κ1) is 33.2. The second kappa shape index (κ2) is 12.2. The SMILES string of the molecule is Cc1c2ccccc2c(-c2ccc(-c3ccc4c(c3)C(C)(C)c3cc(-c5ccc(-c6ccc7c8c(cccc68)-c6ccccc6-7)cc5)ccc3-4)cc2)c2ccccc12. The average molecular weight is 737 g/mol. The van der Waals surface area contributed by atoms with Gasteiger partial charge in [-0.2, -0.15) is 0 Å². The predicted octanol–water partition coefficient (Wildman–Crippen LogP) is 16.1. The Labute approximate surface area is 339 Å². The molecule has 2 aliphatic carbocycles. The topological polar surface area (TPSA) is 0 Å². The van der Waals surface area contributed by atoms with E-state index >= 15 is 0 Å². The zero-order chi connectivity index (χ0) is 38.7. The summed E-state index contributed by atoms with van der Waals surface area (Å²) >= 11 is 0.